The normalized spacial score (nSPS) is 54.9. The van der Waals surface area contributed by atoms with Gasteiger partial charge in [-0.15, -0.1) is 23.2 Å². The SMILES string of the molecule is CCC[C@@H](C)[C@H]1CC[C@H]2[C@@H]3CCC4CC(Cl)C(Cl)C[C@]4(C)[C@H]3CC[C@]12C. The summed E-state index contributed by atoms with van der Waals surface area (Å²) in [6, 6.07) is 0. The van der Waals surface area contributed by atoms with Crippen LogP contribution < -0.4 is 0 Å². The van der Waals surface area contributed by atoms with Crippen molar-refractivity contribution >= 4 is 23.2 Å². The summed E-state index contributed by atoms with van der Waals surface area (Å²) in [5, 5.41) is 0.386. The van der Waals surface area contributed by atoms with Crippen molar-refractivity contribution in [2.75, 3.05) is 0 Å². The van der Waals surface area contributed by atoms with Gasteiger partial charge in [0.25, 0.3) is 0 Å². The second-order valence-corrected chi connectivity index (χ2v) is 12.2. The van der Waals surface area contributed by atoms with Gasteiger partial charge in [0.1, 0.15) is 0 Å². The minimum absolute atomic E-state index is 0.186. The summed E-state index contributed by atoms with van der Waals surface area (Å²) >= 11 is 13.3. The highest BCUT2D eigenvalue weighted by molar-refractivity contribution is 6.30. The average molecular weight is 399 g/mol. The fraction of sp³-hybridized carbons (Fsp3) is 1.00. The van der Waals surface area contributed by atoms with Crippen molar-refractivity contribution in [2.45, 2.75) is 103 Å². The first-order valence-electron chi connectivity index (χ1n) is 11.6. The van der Waals surface area contributed by atoms with Gasteiger partial charge in [-0.25, -0.2) is 0 Å². The predicted octanol–water partition coefficient (Wildman–Crippen LogP) is 7.91. The Hall–Kier alpha value is 0.580. The monoisotopic (exact) mass is 398 g/mol. The van der Waals surface area contributed by atoms with Crippen LogP contribution in [0.25, 0.3) is 0 Å². The molecule has 26 heavy (non-hydrogen) atoms. The van der Waals surface area contributed by atoms with E-state index >= 15 is 0 Å². The Kier molecular flexibility index (Phi) is 5.45. The summed E-state index contributed by atoms with van der Waals surface area (Å²) in [5.74, 6) is 5.55. The third-order valence-electron chi connectivity index (χ3n) is 10.1. The molecule has 0 aliphatic heterocycles. The van der Waals surface area contributed by atoms with E-state index in [0.29, 0.717) is 10.8 Å². The number of fused-ring (bicyclic) bond motifs is 5. The van der Waals surface area contributed by atoms with Crippen LogP contribution in [0.1, 0.15) is 91.9 Å². The average Bonchev–Trinajstić information content (AvgIpc) is 2.94. The minimum Gasteiger partial charge on any atom is -0.121 e. The van der Waals surface area contributed by atoms with Crippen LogP contribution in [-0.2, 0) is 0 Å². The standard InChI is InChI=1S/C24H40Cl2/c1-5-6-15(2)18-9-10-19-17-8-7-16-13-21(25)22(26)14-24(16,4)20(17)11-12-23(18,19)3/h15-22H,5-14H2,1-4H3/t15-,16?,17+,18-,19+,20+,21?,22?,23-,24+/m1/s1. The Balaban J connectivity index is 1.57. The maximum atomic E-state index is 6.71. The lowest BCUT2D eigenvalue weighted by atomic mass is 9.44. The Morgan fingerprint density at radius 1 is 0.923 bits per heavy atom. The smallest absolute Gasteiger partial charge is 0.0505 e. The summed E-state index contributed by atoms with van der Waals surface area (Å²) in [5.41, 5.74) is 1.07. The van der Waals surface area contributed by atoms with E-state index in [1.165, 1.54) is 51.4 Å². The number of hydrogen-bond donors (Lipinski definition) is 0. The van der Waals surface area contributed by atoms with Crippen LogP contribution in [0.5, 0.6) is 0 Å². The molecule has 0 aromatic carbocycles. The molecule has 0 radical (unpaired) electrons. The number of halogens is 2. The third-order valence-corrected chi connectivity index (χ3v) is 11.2. The molecule has 0 aromatic rings. The number of hydrogen-bond acceptors (Lipinski definition) is 0. The van der Waals surface area contributed by atoms with Crippen molar-refractivity contribution < 1.29 is 0 Å². The van der Waals surface area contributed by atoms with Crippen LogP contribution in [0.15, 0.2) is 0 Å². The second-order valence-electron chi connectivity index (χ2n) is 11.1. The summed E-state index contributed by atoms with van der Waals surface area (Å²) in [7, 11) is 0. The molecule has 0 bridgehead atoms. The van der Waals surface area contributed by atoms with Gasteiger partial charge in [0.15, 0.2) is 0 Å². The van der Waals surface area contributed by atoms with E-state index in [-0.39, 0.29) is 10.8 Å². The maximum Gasteiger partial charge on any atom is 0.0505 e. The highest BCUT2D eigenvalue weighted by Gasteiger charge is 2.61. The molecule has 3 unspecified atom stereocenters. The molecule has 0 saturated heterocycles. The third kappa shape index (κ3) is 2.91. The van der Waals surface area contributed by atoms with Gasteiger partial charge >= 0.3 is 0 Å². The lowest BCUT2D eigenvalue weighted by molar-refractivity contribution is -0.113. The Labute approximate surface area is 172 Å². The molecule has 4 rings (SSSR count). The van der Waals surface area contributed by atoms with Crippen LogP contribution in [-0.4, -0.2) is 10.8 Å². The Morgan fingerprint density at radius 2 is 1.65 bits per heavy atom. The van der Waals surface area contributed by atoms with Crippen molar-refractivity contribution in [3.05, 3.63) is 0 Å². The molecular weight excluding hydrogens is 359 g/mol. The van der Waals surface area contributed by atoms with Crippen molar-refractivity contribution in [2.24, 2.45) is 46.3 Å². The van der Waals surface area contributed by atoms with E-state index < -0.39 is 0 Å². The first-order chi connectivity index (χ1) is 12.3. The summed E-state index contributed by atoms with van der Waals surface area (Å²) in [6.07, 6.45) is 13.9. The van der Waals surface area contributed by atoms with Crippen LogP contribution in [0, 0.1) is 46.3 Å². The maximum absolute atomic E-state index is 6.71. The van der Waals surface area contributed by atoms with Crippen LogP contribution in [0.4, 0.5) is 0 Å². The minimum atomic E-state index is 0.186. The molecular formula is C24H40Cl2. The van der Waals surface area contributed by atoms with Gasteiger partial charge in [-0.3, -0.25) is 0 Å². The first kappa shape index (κ1) is 19.9. The van der Waals surface area contributed by atoms with Gasteiger partial charge in [-0.1, -0.05) is 40.5 Å². The lowest BCUT2D eigenvalue weighted by Gasteiger charge is -2.61. The van der Waals surface area contributed by atoms with Gasteiger partial charge in [-0.05, 0) is 97.7 Å². The van der Waals surface area contributed by atoms with E-state index in [1.807, 2.05) is 0 Å². The molecule has 4 fully saturated rings. The molecule has 4 saturated carbocycles. The largest absolute Gasteiger partial charge is 0.121 e. The molecule has 0 heterocycles. The summed E-state index contributed by atoms with van der Waals surface area (Å²) in [6.45, 7) is 10.2. The molecule has 0 spiro atoms. The first-order valence-corrected chi connectivity index (χ1v) is 12.5. The van der Waals surface area contributed by atoms with E-state index in [4.69, 9.17) is 23.2 Å². The van der Waals surface area contributed by atoms with Gasteiger partial charge in [0.05, 0.1) is 10.8 Å². The fourth-order valence-electron chi connectivity index (χ4n) is 8.84. The molecule has 10 atom stereocenters. The van der Waals surface area contributed by atoms with E-state index in [0.717, 1.165) is 48.3 Å². The topological polar surface area (TPSA) is 0 Å². The van der Waals surface area contributed by atoms with E-state index in [9.17, 15) is 0 Å². The Bertz CT molecular complexity index is 518. The van der Waals surface area contributed by atoms with Gasteiger partial charge in [0, 0.05) is 0 Å². The molecule has 150 valence electrons. The summed E-state index contributed by atoms with van der Waals surface area (Å²) < 4.78 is 0. The van der Waals surface area contributed by atoms with Crippen LogP contribution >= 0.6 is 23.2 Å². The van der Waals surface area contributed by atoms with Crippen molar-refractivity contribution in [3.63, 3.8) is 0 Å². The van der Waals surface area contributed by atoms with E-state index in [1.54, 1.807) is 0 Å². The number of alkyl halides is 2. The highest BCUT2D eigenvalue weighted by atomic mass is 35.5. The molecule has 2 heteroatoms. The Morgan fingerprint density at radius 3 is 2.38 bits per heavy atom. The highest BCUT2D eigenvalue weighted by Crippen LogP contribution is 2.68. The predicted molar refractivity (Wildman–Crippen MR) is 114 cm³/mol. The molecule has 0 aromatic heterocycles. The zero-order valence-electron chi connectivity index (χ0n) is 17.4. The van der Waals surface area contributed by atoms with Crippen molar-refractivity contribution in [1.29, 1.82) is 0 Å². The summed E-state index contributed by atoms with van der Waals surface area (Å²) in [4.78, 5) is 0. The molecule has 0 nitrogen and oxygen atoms in total. The van der Waals surface area contributed by atoms with Gasteiger partial charge < -0.3 is 0 Å². The zero-order valence-corrected chi connectivity index (χ0v) is 19.0. The van der Waals surface area contributed by atoms with Crippen LogP contribution in [0.2, 0.25) is 0 Å². The van der Waals surface area contributed by atoms with Crippen LogP contribution in [0.3, 0.4) is 0 Å². The molecule has 4 aliphatic rings. The molecule has 0 amide bonds. The zero-order chi connectivity index (χ0) is 18.7. The quantitative estimate of drug-likeness (QED) is 0.423. The lowest BCUT2D eigenvalue weighted by Crippen LogP contribution is -2.55. The van der Waals surface area contributed by atoms with Crippen molar-refractivity contribution in [3.8, 4) is 0 Å². The van der Waals surface area contributed by atoms with Crippen molar-refractivity contribution in [1.82, 2.24) is 0 Å². The molecule has 4 aliphatic carbocycles. The second kappa shape index (κ2) is 7.12. The molecule has 0 N–H and O–H groups in total. The number of rotatable bonds is 3. The van der Waals surface area contributed by atoms with Gasteiger partial charge in [-0.2, -0.15) is 0 Å². The van der Waals surface area contributed by atoms with E-state index in [2.05, 4.69) is 27.7 Å². The van der Waals surface area contributed by atoms with Gasteiger partial charge in [0.2, 0.25) is 0 Å². The fourth-order valence-corrected chi connectivity index (χ4v) is 9.58.